The zero-order valence-corrected chi connectivity index (χ0v) is 15.5. The summed E-state index contributed by atoms with van der Waals surface area (Å²) in [6.45, 7) is 7.21. The van der Waals surface area contributed by atoms with E-state index in [1.165, 1.54) is 11.8 Å². The molecule has 1 aliphatic rings. The van der Waals surface area contributed by atoms with E-state index in [1.807, 2.05) is 43.5 Å². The van der Waals surface area contributed by atoms with Crippen molar-refractivity contribution in [1.82, 2.24) is 4.98 Å². The fourth-order valence-electron chi connectivity index (χ4n) is 2.41. The van der Waals surface area contributed by atoms with Crippen LogP contribution in [-0.4, -0.2) is 42.4 Å². The van der Waals surface area contributed by atoms with Crippen LogP contribution in [0, 0.1) is 6.92 Å². The number of hydrogen-bond donors (Lipinski definition) is 1. The summed E-state index contributed by atoms with van der Waals surface area (Å²) in [5.41, 5.74) is 2.98. The lowest BCUT2D eigenvalue weighted by Gasteiger charge is -2.28. The number of nitrogens with one attached hydrogen (secondary N) is 1. The molecule has 1 aromatic heterocycles. The summed E-state index contributed by atoms with van der Waals surface area (Å²) >= 11 is 3.07. The molecule has 1 atom stereocenters. The van der Waals surface area contributed by atoms with Gasteiger partial charge in [-0.05, 0) is 38.1 Å². The molecule has 128 valence electrons. The van der Waals surface area contributed by atoms with E-state index in [1.54, 1.807) is 11.3 Å². The molecule has 0 unspecified atom stereocenters. The quantitative estimate of drug-likeness (QED) is 0.825. The maximum atomic E-state index is 12.3. The van der Waals surface area contributed by atoms with Crippen LogP contribution in [0.2, 0.25) is 0 Å². The van der Waals surface area contributed by atoms with E-state index in [0.29, 0.717) is 0 Å². The number of amides is 1. The van der Waals surface area contributed by atoms with E-state index < -0.39 is 0 Å². The van der Waals surface area contributed by atoms with Gasteiger partial charge in [-0.15, -0.1) is 11.3 Å². The standard InChI is InChI=1S/C17H21N3O2S2/c1-12-11-23-17(18-12)24-13(2)16(21)19-14-3-5-15(6-4-14)20-7-9-22-10-8-20/h3-6,11,13H,7-10H2,1-2H3,(H,19,21)/t13-/m0/s1. The molecule has 0 radical (unpaired) electrons. The van der Waals surface area contributed by atoms with Gasteiger partial charge in [0.05, 0.1) is 18.5 Å². The summed E-state index contributed by atoms with van der Waals surface area (Å²) in [5, 5.41) is 4.78. The van der Waals surface area contributed by atoms with Crippen molar-refractivity contribution in [3.05, 3.63) is 35.3 Å². The second-order valence-electron chi connectivity index (χ2n) is 5.65. The van der Waals surface area contributed by atoms with Gasteiger partial charge in [0.2, 0.25) is 5.91 Å². The fraction of sp³-hybridized carbons (Fsp3) is 0.412. The number of carbonyl (C=O) groups excluding carboxylic acids is 1. The molecule has 24 heavy (non-hydrogen) atoms. The Labute approximate surface area is 150 Å². The summed E-state index contributed by atoms with van der Waals surface area (Å²) in [6.07, 6.45) is 0. The highest BCUT2D eigenvalue weighted by molar-refractivity contribution is 8.02. The van der Waals surface area contributed by atoms with Crippen LogP contribution in [-0.2, 0) is 9.53 Å². The summed E-state index contributed by atoms with van der Waals surface area (Å²) in [4.78, 5) is 19.0. The molecule has 1 fully saturated rings. The van der Waals surface area contributed by atoms with E-state index >= 15 is 0 Å². The average molecular weight is 364 g/mol. The number of carbonyl (C=O) groups is 1. The number of thioether (sulfide) groups is 1. The minimum Gasteiger partial charge on any atom is -0.378 e. The van der Waals surface area contributed by atoms with Crippen LogP contribution in [0.3, 0.4) is 0 Å². The third-order valence-electron chi connectivity index (χ3n) is 3.76. The second-order valence-corrected chi connectivity index (χ2v) is 8.10. The highest BCUT2D eigenvalue weighted by Gasteiger charge is 2.17. The van der Waals surface area contributed by atoms with E-state index in [0.717, 1.165) is 47.7 Å². The number of nitrogens with zero attached hydrogens (tertiary/aromatic N) is 2. The molecule has 2 heterocycles. The van der Waals surface area contributed by atoms with Crippen LogP contribution < -0.4 is 10.2 Å². The molecule has 0 spiro atoms. The Bertz CT molecular complexity index is 681. The van der Waals surface area contributed by atoms with Crippen molar-refractivity contribution in [3.8, 4) is 0 Å². The first-order valence-electron chi connectivity index (χ1n) is 7.94. The van der Waals surface area contributed by atoms with Crippen molar-refractivity contribution in [1.29, 1.82) is 0 Å². The predicted octanol–water partition coefficient (Wildman–Crippen LogP) is 3.41. The van der Waals surface area contributed by atoms with E-state index in [2.05, 4.69) is 15.2 Å². The van der Waals surface area contributed by atoms with Crippen LogP contribution in [0.1, 0.15) is 12.6 Å². The molecule has 1 aliphatic heterocycles. The monoisotopic (exact) mass is 363 g/mol. The topological polar surface area (TPSA) is 54.5 Å². The highest BCUT2D eigenvalue weighted by Crippen LogP contribution is 2.27. The molecule has 2 aromatic rings. The number of benzene rings is 1. The van der Waals surface area contributed by atoms with Crippen molar-refractivity contribution in [2.45, 2.75) is 23.4 Å². The maximum absolute atomic E-state index is 12.3. The Balaban J connectivity index is 1.55. The molecule has 1 N–H and O–H groups in total. The van der Waals surface area contributed by atoms with E-state index in [9.17, 15) is 4.79 Å². The second kappa shape index (κ2) is 8.00. The molecule has 3 rings (SSSR count). The summed E-state index contributed by atoms with van der Waals surface area (Å²) in [6, 6.07) is 7.99. The van der Waals surface area contributed by atoms with Crippen LogP contribution in [0.4, 0.5) is 11.4 Å². The Kier molecular flexibility index (Phi) is 5.76. The summed E-state index contributed by atoms with van der Waals surface area (Å²) in [7, 11) is 0. The molecule has 7 heteroatoms. The zero-order chi connectivity index (χ0) is 16.9. The van der Waals surface area contributed by atoms with Gasteiger partial charge in [-0.25, -0.2) is 4.98 Å². The lowest BCUT2D eigenvalue weighted by Crippen LogP contribution is -2.36. The third-order valence-corrected chi connectivity index (χ3v) is 5.95. The first kappa shape index (κ1) is 17.3. The Morgan fingerprint density at radius 3 is 2.67 bits per heavy atom. The number of thiazole rings is 1. The van der Waals surface area contributed by atoms with E-state index in [-0.39, 0.29) is 11.2 Å². The largest absolute Gasteiger partial charge is 0.378 e. The third kappa shape index (κ3) is 4.49. The minimum absolute atomic E-state index is 0.00743. The van der Waals surface area contributed by atoms with Gasteiger partial charge in [-0.3, -0.25) is 4.79 Å². The Morgan fingerprint density at radius 1 is 1.33 bits per heavy atom. The number of aryl methyl sites for hydroxylation is 1. The SMILES string of the molecule is Cc1csc(S[C@@H](C)C(=O)Nc2ccc(N3CCOCC3)cc2)n1. The van der Waals surface area contributed by atoms with Gasteiger partial charge < -0.3 is 15.0 Å². The van der Waals surface area contributed by atoms with Gasteiger partial charge in [-0.2, -0.15) is 0 Å². The molecule has 0 bridgehead atoms. The lowest BCUT2D eigenvalue weighted by atomic mass is 10.2. The van der Waals surface area contributed by atoms with Gasteiger partial charge >= 0.3 is 0 Å². The normalized spacial score (nSPS) is 16.0. The summed E-state index contributed by atoms with van der Waals surface area (Å²) in [5.74, 6) is -0.00743. The van der Waals surface area contributed by atoms with Crippen LogP contribution in [0.15, 0.2) is 34.0 Å². The molecule has 1 amide bonds. The zero-order valence-electron chi connectivity index (χ0n) is 13.8. The first-order valence-corrected chi connectivity index (χ1v) is 9.70. The highest BCUT2D eigenvalue weighted by atomic mass is 32.2. The minimum atomic E-state index is -0.186. The predicted molar refractivity (Wildman–Crippen MR) is 100 cm³/mol. The van der Waals surface area contributed by atoms with Crippen molar-refractivity contribution in [2.24, 2.45) is 0 Å². The van der Waals surface area contributed by atoms with Gasteiger partial charge in [0.15, 0.2) is 4.34 Å². The lowest BCUT2D eigenvalue weighted by molar-refractivity contribution is -0.115. The van der Waals surface area contributed by atoms with Crippen molar-refractivity contribution < 1.29 is 9.53 Å². The smallest absolute Gasteiger partial charge is 0.237 e. The number of hydrogen-bond acceptors (Lipinski definition) is 6. The number of morpholine rings is 1. The van der Waals surface area contributed by atoms with Crippen molar-refractivity contribution in [3.63, 3.8) is 0 Å². The van der Waals surface area contributed by atoms with Crippen molar-refractivity contribution >= 4 is 40.4 Å². The molecular weight excluding hydrogens is 342 g/mol. The molecule has 5 nitrogen and oxygen atoms in total. The number of rotatable bonds is 5. The maximum Gasteiger partial charge on any atom is 0.237 e. The van der Waals surface area contributed by atoms with Crippen LogP contribution in [0.25, 0.3) is 0 Å². The molecule has 1 aromatic carbocycles. The van der Waals surface area contributed by atoms with Gasteiger partial charge in [0.25, 0.3) is 0 Å². The Hall–Kier alpha value is -1.57. The van der Waals surface area contributed by atoms with Gasteiger partial charge in [-0.1, -0.05) is 11.8 Å². The van der Waals surface area contributed by atoms with Crippen LogP contribution in [0.5, 0.6) is 0 Å². The number of aromatic nitrogens is 1. The average Bonchev–Trinajstić information content (AvgIpc) is 3.01. The Morgan fingerprint density at radius 2 is 2.04 bits per heavy atom. The van der Waals surface area contributed by atoms with Gasteiger partial charge in [0, 0.05) is 35.5 Å². The van der Waals surface area contributed by atoms with Gasteiger partial charge in [0.1, 0.15) is 0 Å². The number of anilines is 2. The number of ether oxygens (including phenoxy) is 1. The summed E-state index contributed by atoms with van der Waals surface area (Å²) < 4.78 is 6.30. The molecule has 1 saturated heterocycles. The van der Waals surface area contributed by atoms with E-state index in [4.69, 9.17) is 4.74 Å². The molecular formula is C17H21N3O2S2. The molecule has 0 saturated carbocycles. The van der Waals surface area contributed by atoms with Crippen LogP contribution >= 0.6 is 23.1 Å². The first-order chi connectivity index (χ1) is 11.6. The molecule has 0 aliphatic carbocycles. The van der Waals surface area contributed by atoms with Crippen molar-refractivity contribution in [2.75, 3.05) is 36.5 Å². The fourth-order valence-corrected chi connectivity index (χ4v) is 4.40.